The molecule has 0 saturated heterocycles. The minimum atomic E-state index is -0.611. The Morgan fingerprint density at radius 3 is 2.50 bits per heavy atom. The SMILES string of the molecule is COc1ccc(-n2ccc(CNC(=O)c3ccc(C)c(NC(=O)c4ccccc4F)c3)n2)cc1. The number of carbonyl (C=O) groups excluding carboxylic acids is 2. The minimum Gasteiger partial charge on any atom is -0.497 e. The van der Waals surface area contributed by atoms with Gasteiger partial charge in [0.2, 0.25) is 0 Å². The number of ether oxygens (including phenoxy) is 1. The number of hydrogen-bond acceptors (Lipinski definition) is 4. The quantitative estimate of drug-likeness (QED) is 0.427. The van der Waals surface area contributed by atoms with Gasteiger partial charge in [0.15, 0.2) is 0 Å². The molecular weight excluding hydrogens is 435 g/mol. The maximum atomic E-state index is 13.9. The Morgan fingerprint density at radius 1 is 1.00 bits per heavy atom. The van der Waals surface area contributed by atoms with Gasteiger partial charge in [-0.1, -0.05) is 18.2 Å². The first-order valence-corrected chi connectivity index (χ1v) is 10.6. The van der Waals surface area contributed by atoms with Gasteiger partial charge in [-0.2, -0.15) is 5.10 Å². The van der Waals surface area contributed by atoms with Gasteiger partial charge in [0, 0.05) is 17.4 Å². The second-order valence-electron chi connectivity index (χ2n) is 7.60. The van der Waals surface area contributed by atoms with Crippen LogP contribution in [0.15, 0.2) is 79.0 Å². The minimum absolute atomic E-state index is 0.0656. The Morgan fingerprint density at radius 2 is 1.76 bits per heavy atom. The van der Waals surface area contributed by atoms with Crippen molar-refractivity contribution in [3.05, 3.63) is 107 Å². The van der Waals surface area contributed by atoms with Crippen molar-refractivity contribution in [1.82, 2.24) is 15.1 Å². The summed E-state index contributed by atoms with van der Waals surface area (Å²) in [4.78, 5) is 25.2. The van der Waals surface area contributed by atoms with Crippen LogP contribution in [0.25, 0.3) is 5.69 Å². The number of nitrogens with zero attached hydrogens (tertiary/aromatic N) is 2. The lowest BCUT2D eigenvalue weighted by molar-refractivity contribution is 0.0949. The summed E-state index contributed by atoms with van der Waals surface area (Å²) in [5.74, 6) is -0.755. The van der Waals surface area contributed by atoms with Crippen LogP contribution in [0, 0.1) is 12.7 Å². The first-order valence-electron chi connectivity index (χ1n) is 10.6. The van der Waals surface area contributed by atoms with Gasteiger partial charge in [-0.3, -0.25) is 9.59 Å². The molecule has 7 nitrogen and oxygen atoms in total. The number of hydrogen-bond donors (Lipinski definition) is 2. The van der Waals surface area contributed by atoms with Gasteiger partial charge >= 0.3 is 0 Å². The molecule has 0 aliphatic heterocycles. The Balaban J connectivity index is 1.41. The average Bonchev–Trinajstić information content (AvgIpc) is 3.33. The molecule has 0 aliphatic rings. The van der Waals surface area contributed by atoms with E-state index in [9.17, 15) is 14.0 Å². The molecule has 4 rings (SSSR count). The molecule has 0 unspecified atom stereocenters. The van der Waals surface area contributed by atoms with Crippen molar-refractivity contribution in [2.45, 2.75) is 13.5 Å². The molecule has 0 radical (unpaired) electrons. The van der Waals surface area contributed by atoms with E-state index in [1.165, 1.54) is 18.2 Å². The maximum Gasteiger partial charge on any atom is 0.258 e. The second-order valence-corrected chi connectivity index (χ2v) is 7.60. The first-order chi connectivity index (χ1) is 16.4. The summed E-state index contributed by atoms with van der Waals surface area (Å²) in [7, 11) is 1.61. The Bertz CT molecular complexity index is 1330. The van der Waals surface area contributed by atoms with Gasteiger partial charge in [0.25, 0.3) is 11.8 Å². The fourth-order valence-electron chi connectivity index (χ4n) is 3.34. The molecule has 34 heavy (non-hydrogen) atoms. The van der Waals surface area contributed by atoms with E-state index in [2.05, 4.69) is 15.7 Å². The van der Waals surface area contributed by atoms with Crippen molar-refractivity contribution >= 4 is 17.5 Å². The number of rotatable bonds is 7. The summed E-state index contributed by atoms with van der Waals surface area (Å²) in [5.41, 5.74) is 3.04. The van der Waals surface area contributed by atoms with Crippen LogP contribution in [0.5, 0.6) is 5.75 Å². The standard InChI is InChI=1S/C26H23FN4O3/c1-17-7-8-18(15-24(17)29-26(33)22-5-3-4-6-23(22)27)25(32)28-16-19-13-14-31(30-19)20-9-11-21(34-2)12-10-20/h3-15H,16H2,1-2H3,(H,28,32)(H,29,33). The van der Waals surface area contributed by atoms with Gasteiger partial charge in [-0.25, -0.2) is 9.07 Å². The highest BCUT2D eigenvalue weighted by molar-refractivity contribution is 6.05. The Labute approximate surface area is 196 Å². The lowest BCUT2D eigenvalue weighted by atomic mass is 10.1. The molecule has 172 valence electrons. The van der Waals surface area contributed by atoms with Crippen molar-refractivity contribution in [3.63, 3.8) is 0 Å². The fraction of sp³-hybridized carbons (Fsp3) is 0.115. The summed E-state index contributed by atoms with van der Waals surface area (Å²) < 4.78 is 20.8. The molecule has 0 spiro atoms. The molecule has 4 aromatic rings. The molecule has 2 amide bonds. The molecule has 0 fully saturated rings. The fourth-order valence-corrected chi connectivity index (χ4v) is 3.34. The average molecular weight is 458 g/mol. The van der Waals surface area contributed by atoms with E-state index in [-0.39, 0.29) is 18.0 Å². The van der Waals surface area contributed by atoms with Crippen molar-refractivity contribution in [2.24, 2.45) is 0 Å². The van der Waals surface area contributed by atoms with E-state index in [4.69, 9.17) is 4.74 Å². The molecule has 0 atom stereocenters. The second kappa shape index (κ2) is 9.99. The van der Waals surface area contributed by atoms with E-state index in [1.54, 1.807) is 43.0 Å². The van der Waals surface area contributed by atoms with Crippen LogP contribution >= 0.6 is 0 Å². The summed E-state index contributed by atoms with van der Waals surface area (Å²) in [6, 6.07) is 20.0. The van der Waals surface area contributed by atoms with E-state index >= 15 is 0 Å². The van der Waals surface area contributed by atoms with Crippen LogP contribution in [-0.4, -0.2) is 28.7 Å². The molecule has 0 bridgehead atoms. The van der Waals surface area contributed by atoms with Crippen LogP contribution in [0.3, 0.4) is 0 Å². The molecule has 0 aliphatic carbocycles. The van der Waals surface area contributed by atoms with Crippen LogP contribution in [-0.2, 0) is 6.54 Å². The van der Waals surface area contributed by atoms with Crippen molar-refractivity contribution < 1.29 is 18.7 Å². The highest BCUT2D eigenvalue weighted by Crippen LogP contribution is 2.19. The third-order valence-electron chi connectivity index (χ3n) is 5.28. The summed E-state index contributed by atoms with van der Waals surface area (Å²) >= 11 is 0. The number of halogens is 1. The van der Waals surface area contributed by atoms with Gasteiger partial charge in [0.1, 0.15) is 11.6 Å². The van der Waals surface area contributed by atoms with Gasteiger partial charge < -0.3 is 15.4 Å². The lowest BCUT2D eigenvalue weighted by Crippen LogP contribution is -2.23. The zero-order valence-corrected chi connectivity index (χ0v) is 18.7. The zero-order valence-electron chi connectivity index (χ0n) is 18.7. The molecule has 2 N–H and O–H groups in total. The topological polar surface area (TPSA) is 85.2 Å². The number of benzene rings is 3. The maximum absolute atomic E-state index is 13.9. The first kappa shape index (κ1) is 22.7. The number of nitrogens with one attached hydrogen (secondary N) is 2. The smallest absolute Gasteiger partial charge is 0.258 e. The van der Waals surface area contributed by atoms with Crippen LogP contribution < -0.4 is 15.4 Å². The number of anilines is 1. The van der Waals surface area contributed by atoms with Crippen LogP contribution in [0.4, 0.5) is 10.1 Å². The number of aryl methyl sites for hydroxylation is 1. The highest BCUT2D eigenvalue weighted by atomic mass is 19.1. The molecule has 1 aromatic heterocycles. The largest absolute Gasteiger partial charge is 0.497 e. The highest BCUT2D eigenvalue weighted by Gasteiger charge is 2.14. The van der Waals surface area contributed by atoms with E-state index < -0.39 is 11.7 Å². The molecule has 3 aromatic carbocycles. The van der Waals surface area contributed by atoms with Crippen LogP contribution in [0.2, 0.25) is 0 Å². The third-order valence-corrected chi connectivity index (χ3v) is 5.28. The third kappa shape index (κ3) is 5.12. The normalized spacial score (nSPS) is 10.6. The summed E-state index contributed by atoms with van der Waals surface area (Å²) in [5, 5.41) is 10.00. The molecule has 0 saturated carbocycles. The Kier molecular flexibility index (Phi) is 6.68. The zero-order chi connectivity index (χ0) is 24.1. The van der Waals surface area contributed by atoms with Gasteiger partial charge in [0.05, 0.1) is 30.6 Å². The predicted octanol–water partition coefficient (Wildman–Crippen LogP) is 4.51. The van der Waals surface area contributed by atoms with E-state index in [1.807, 2.05) is 36.5 Å². The van der Waals surface area contributed by atoms with Crippen molar-refractivity contribution in [2.75, 3.05) is 12.4 Å². The van der Waals surface area contributed by atoms with Gasteiger partial charge in [-0.15, -0.1) is 0 Å². The lowest BCUT2D eigenvalue weighted by Gasteiger charge is -2.11. The molecular formula is C26H23FN4O3. The number of carbonyl (C=O) groups is 2. The number of amides is 2. The van der Waals surface area contributed by atoms with Crippen LogP contribution in [0.1, 0.15) is 32.0 Å². The number of methoxy groups -OCH3 is 1. The summed E-state index contributed by atoms with van der Waals surface area (Å²) in [6.45, 7) is 2.03. The Hall–Kier alpha value is -4.46. The monoisotopic (exact) mass is 458 g/mol. The van der Waals surface area contributed by atoms with Crippen molar-refractivity contribution in [3.8, 4) is 11.4 Å². The van der Waals surface area contributed by atoms with E-state index in [0.29, 0.717) is 16.9 Å². The van der Waals surface area contributed by atoms with Crippen molar-refractivity contribution in [1.29, 1.82) is 0 Å². The predicted molar refractivity (Wildman–Crippen MR) is 127 cm³/mol. The molecule has 8 heteroatoms. The number of aromatic nitrogens is 2. The van der Waals surface area contributed by atoms with Gasteiger partial charge in [-0.05, 0) is 67.1 Å². The summed E-state index contributed by atoms with van der Waals surface area (Å²) in [6.07, 6.45) is 1.81. The molecule has 1 heterocycles. The van der Waals surface area contributed by atoms with E-state index in [0.717, 1.165) is 17.0 Å².